The summed E-state index contributed by atoms with van der Waals surface area (Å²) in [6.45, 7) is 2.09. The van der Waals surface area contributed by atoms with Gasteiger partial charge >= 0.3 is 0 Å². The molecule has 126 valence electrons. The van der Waals surface area contributed by atoms with Gasteiger partial charge in [-0.1, -0.05) is 31.0 Å². The number of hydrogen-bond acceptors (Lipinski definition) is 4. The van der Waals surface area contributed by atoms with Gasteiger partial charge < -0.3 is 10.2 Å². The maximum Gasteiger partial charge on any atom is 0.271 e. The zero-order chi connectivity index (χ0) is 16.8. The number of anilines is 1. The molecule has 1 N–H and O–H groups in total. The summed E-state index contributed by atoms with van der Waals surface area (Å²) in [5.74, 6) is 0.121. The average Bonchev–Trinajstić information content (AvgIpc) is 2.90. The van der Waals surface area contributed by atoms with Gasteiger partial charge in [0.1, 0.15) is 17.3 Å². The Morgan fingerprint density at radius 1 is 1.08 bits per heavy atom. The van der Waals surface area contributed by atoms with E-state index in [4.69, 9.17) is 0 Å². The lowest BCUT2D eigenvalue weighted by molar-refractivity contribution is 0.0945. The zero-order valence-corrected chi connectivity index (χ0v) is 13.5. The van der Waals surface area contributed by atoms with Gasteiger partial charge in [-0.15, -0.1) is 0 Å². The highest BCUT2D eigenvalue weighted by Gasteiger charge is 2.13. The molecule has 6 heteroatoms. The van der Waals surface area contributed by atoms with Gasteiger partial charge in [0, 0.05) is 25.2 Å². The molecule has 0 atom stereocenters. The van der Waals surface area contributed by atoms with Gasteiger partial charge in [0.05, 0.1) is 12.4 Å². The van der Waals surface area contributed by atoms with E-state index in [-0.39, 0.29) is 24.0 Å². The van der Waals surface area contributed by atoms with Gasteiger partial charge in [0.2, 0.25) is 0 Å². The highest BCUT2D eigenvalue weighted by molar-refractivity contribution is 5.91. The summed E-state index contributed by atoms with van der Waals surface area (Å²) in [6.07, 6.45) is 7.94. The molecular weight excluding hydrogens is 307 g/mol. The van der Waals surface area contributed by atoms with Crippen molar-refractivity contribution in [2.75, 3.05) is 18.0 Å². The standard InChI is InChI=1S/C18H21FN4O/c19-15-8-4-3-7-14(15)11-22-18(24)16-12-21-17(13-20-16)23-9-5-1-2-6-10-23/h3-4,7-8,12-13H,1-2,5-6,9-11H2,(H,22,24). The minimum absolute atomic E-state index is 0.126. The Morgan fingerprint density at radius 3 is 2.50 bits per heavy atom. The van der Waals surface area contributed by atoms with Crippen LogP contribution in [0.3, 0.4) is 0 Å². The van der Waals surface area contributed by atoms with Crippen molar-refractivity contribution in [2.45, 2.75) is 32.2 Å². The number of carbonyl (C=O) groups is 1. The van der Waals surface area contributed by atoms with Crippen molar-refractivity contribution >= 4 is 11.7 Å². The molecule has 0 radical (unpaired) electrons. The molecule has 0 bridgehead atoms. The lowest BCUT2D eigenvalue weighted by atomic mass is 10.2. The van der Waals surface area contributed by atoms with Gasteiger partial charge in [-0.05, 0) is 18.9 Å². The average molecular weight is 328 g/mol. The fourth-order valence-corrected chi connectivity index (χ4v) is 2.81. The second-order valence-electron chi connectivity index (χ2n) is 5.94. The van der Waals surface area contributed by atoms with E-state index in [1.54, 1.807) is 24.4 Å². The number of halogens is 1. The Kier molecular flexibility index (Phi) is 5.36. The number of amides is 1. The van der Waals surface area contributed by atoms with Crippen molar-refractivity contribution in [1.29, 1.82) is 0 Å². The molecule has 0 unspecified atom stereocenters. The number of aromatic nitrogens is 2. The molecule has 1 aliphatic heterocycles. The number of rotatable bonds is 4. The number of nitrogens with zero attached hydrogens (tertiary/aromatic N) is 3. The van der Waals surface area contributed by atoms with Crippen molar-refractivity contribution in [3.8, 4) is 0 Å². The maximum absolute atomic E-state index is 13.5. The molecule has 5 nitrogen and oxygen atoms in total. The van der Waals surface area contributed by atoms with Gasteiger partial charge in [-0.2, -0.15) is 0 Å². The lowest BCUT2D eigenvalue weighted by Gasteiger charge is -2.20. The van der Waals surface area contributed by atoms with Crippen LogP contribution in [0.15, 0.2) is 36.7 Å². The topological polar surface area (TPSA) is 58.1 Å². The molecule has 0 aliphatic carbocycles. The molecular formula is C18H21FN4O. The van der Waals surface area contributed by atoms with Gasteiger partial charge in [-0.25, -0.2) is 14.4 Å². The minimum Gasteiger partial charge on any atom is -0.355 e. The molecule has 1 aromatic heterocycles. The zero-order valence-electron chi connectivity index (χ0n) is 13.5. The molecule has 2 aromatic rings. The highest BCUT2D eigenvalue weighted by Crippen LogP contribution is 2.16. The summed E-state index contributed by atoms with van der Waals surface area (Å²) in [7, 11) is 0. The van der Waals surface area contributed by atoms with Crippen molar-refractivity contribution in [2.24, 2.45) is 0 Å². The molecule has 1 saturated heterocycles. The quantitative estimate of drug-likeness (QED) is 0.937. The van der Waals surface area contributed by atoms with E-state index in [1.165, 1.54) is 25.1 Å². The predicted octanol–water partition coefficient (Wildman–Crippen LogP) is 2.93. The molecule has 0 saturated carbocycles. The summed E-state index contributed by atoms with van der Waals surface area (Å²) < 4.78 is 13.5. The molecule has 0 spiro atoms. The third kappa shape index (κ3) is 4.07. The fourth-order valence-electron chi connectivity index (χ4n) is 2.81. The number of nitrogens with one attached hydrogen (secondary N) is 1. The Balaban J connectivity index is 1.60. The van der Waals surface area contributed by atoms with E-state index in [1.807, 2.05) is 0 Å². The Labute approximate surface area is 140 Å². The van der Waals surface area contributed by atoms with Crippen LogP contribution in [0.1, 0.15) is 41.7 Å². The first-order valence-electron chi connectivity index (χ1n) is 8.32. The maximum atomic E-state index is 13.5. The monoisotopic (exact) mass is 328 g/mol. The first-order valence-corrected chi connectivity index (χ1v) is 8.32. The molecule has 1 amide bonds. The van der Waals surface area contributed by atoms with Crippen LogP contribution in [0.5, 0.6) is 0 Å². The van der Waals surface area contributed by atoms with Crippen molar-refractivity contribution in [1.82, 2.24) is 15.3 Å². The van der Waals surface area contributed by atoms with Gasteiger partial charge in [0.25, 0.3) is 5.91 Å². The summed E-state index contributed by atoms with van der Waals surface area (Å²) in [5.41, 5.74) is 0.685. The number of benzene rings is 1. The summed E-state index contributed by atoms with van der Waals surface area (Å²) in [4.78, 5) is 22.9. The van der Waals surface area contributed by atoms with Crippen LogP contribution in [0.25, 0.3) is 0 Å². The van der Waals surface area contributed by atoms with Crippen LogP contribution in [-0.4, -0.2) is 29.0 Å². The second kappa shape index (κ2) is 7.86. The predicted molar refractivity (Wildman–Crippen MR) is 90.3 cm³/mol. The highest BCUT2D eigenvalue weighted by atomic mass is 19.1. The molecule has 24 heavy (non-hydrogen) atoms. The third-order valence-corrected chi connectivity index (χ3v) is 4.20. The molecule has 1 fully saturated rings. The fraction of sp³-hybridized carbons (Fsp3) is 0.389. The van der Waals surface area contributed by atoms with E-state index in [0.29, 0.717) is 5.56 Å². The number of carbonyl (C=O) groups excluding carboxylic acids is 1. The van der Waals surface area contributed by atoms with E-state index in [0.717, 1.165) is 31.7 Å². The first kappa shape index (κ1) is 16.4. The molecule has 2 heterocycles. The molecule has 1 aliphatic rings. The van der Waals surface area contributed by atoms with Crippen LogP contribution in [0, 0.1) is 5.82 Å². The summed E-state index contributed by atoms with van der Waals surface area (Å²) in [6, 6.07) is 6.37. The minimum atomic E-state index is -0.354. The number of hydrogen-bond donors (Lipinski definition) is 1. The van der Waals surface area contributed by atoms with E-state index in [2.05, 4.69) is 20.2 Å². The van der Waals surface area contributed by atoms with Gasteiger partial charge in [0.15, 0.2) is 0 Å². The van der Waals surface area contributed by atoms with Crippen molar-refractivity contribution < 1.29 is 9.18 Å². The SMILES string of the molecule is O=C(NCc1ccccc1F)c1cnc(N2CCCCCC2)cn1. The van der Waals surface area contributed by atoms with Crippen LogP contribution < -0.4 is 10.2 Å². The molecule has 3 rings (SSSR count). The lowest BCUT2D eigenvalue weighted by Crippen LogP contribution is -2.27. The van der Waals surface area contributed by atoms with Crippen LogP contribution in [0.4, 0.5) is 10.2 Å². The first-order chi connectivity index (χ1) is 11.7. The van der Waals surface area contributed by atoms with Crippen LogP contribution >= 0.6 is 0 Å². The Morgan fingerprint density at radius 2 is 1.83 bits per heavy atom. The van der Waals surface area contributed by atoms with E-state index in [9.17, 15) is 9.18 Å². The summed E-state index contributed by atoms with van der Waals surface area (Å²) in [5, 5.41) is 2.67. The third-order valence-electron chi connectivity index (χ3n) is 4.20. The Hall–Kier alpha value is -2.50. The van der Waals surface area contributed by atoms with Gasteiger partial charge in [-0.3, -0.25) is 4.79 Å². The smallest absolute Gasteiger partial charge is 0.271 e. The van der Waals surface area contributed by atoms with E-state index < -0.39 is 0 Å². The second-order valence-corrected chi connectivity index (χ2v) is 5.94. The van der Waals surface area contributed by atoms with Crippen LogP contribution in [-0.2, 0) is 6.54 Å². The Bertz CT molecular complexity index is 682. The van der Waals surface area contributed by atoms with E-state index >= 15 is 0 Å². The van der Waals surface area contributed by atoms with Crippen LogP contribution in [0.2, 0.25) is 0 Å². The summed E-state index contributed by atoms with van der Waals surface area (Å²) >= 11 is 0. The van der Waals surface area contributed by atoms with Crippen molar-refractivity contribution in [3.63, 3.8) is 0 Å². The normalized spacial score (nSPS) is 15.0. The molecule has 1 aromatic carbocycles. The van der Waals surface area contributed by atoms with Crippen molar-refractivity contribution in [3.05, 3.63) is 53.7 Å². The largest absolute Gasteiger partial charge is 0.355 e.